The van der Waals surface area contributed by atoms with E-state index in [0.717, 1.165) is 18.0 Å². The Balaban J connectivity index is 1.64. The van der Waals surface area contributed by atoms with Gasteiger partial charge < -0.3 is 10.6 Å². The third-order valence-corrected chi connectivity index (χ3v) is 2.99. The smallest absolute Gasteiger partial charge is 0.0195 e. The molecular formula is C10H20N2. The van der Waals surface area contributed by atoms with Crippen LogP contribution in [0, 0.1) is 5.92 Å². The summed E-state index contributed by atoms with van der Waals surface area (Å²) < 4.78 is 0. The van der Waals surface area contributed by atoms with Crippen molar-refractivity contribution in [2.45, 2.75) is 44.7 Å². The highest BCUT2D eigenvalue weighted by atomic mass is 15.0. The van der Waals surface area contributed by atoms with Crippen molar-refractivity contribution < 1.29 is 0 Å². The van der Waals surface area contributed by atoms with E-state index in [4.69, 9.17) is 0 Å². The monoisotopic (exact) mass is 168 g/mol. The fourth-order valence-electron chi connectivity index (χ4n) is 1.97. The minimum Gasteiger partial charge on any atom is -0.313 e. The standard InChI is InChI=1S/C10H20N2/c1-8-4-5-11-10(6-8)7-12-9-2-3-9/h8-12H,2-7H2,1H3. The van der Waals surface area contributed by atoms with E-state index in [-0.39, 0.29) is 0 Å². The van der Waals surface area contributed by atoms with Crippen LogP contribution in [0.15, 0.2) is 0 Å². The molecule has 2 atom stereocenters. The maximum absolute atomic E-state index is 3.58. The van der Waals surface area contributed by atoms with Gasteiger partial charge in [0.25, 0.3) is 0 Å². The maximum Gasteiger partial charge on any atom is 0.0195 e. The second-order valence-corrected chi connectivity index (χ2v) is 4.46. The Morgan fingerprint density at radius 1 is 1.33 bits per heavy atom. The second-order valence-electron chi connectivity index (χ2n) is 4.46. The second kappa shape index (κ2) is 3.75. The Kier molecular flexibility index (Phi) is 2.66. The summed E-state index contributed by atoms with van der Waals surface area (Å²) in [6.07, 6.45) is 5.53. The van der Waals surface area contributed by atoms with Crippen LogP contribution in [-0.4, -0.2) is 25.2 Å². The van der Waals surface area contributed by atoms with Gasteiger partial charge in [0, 0.05) is 18.6 Å². The average molecular weight is 168 g/mol. The van der Waals surface area contributed by atoms with Crippen molar-refractivity contribution in [1.82, 2.24) is 10.6 Å². The van der Waals surface area contributed by atoms with Crippen LogP contribution < -0.4 is 10.6 Å². The molecule has 2 unspecified atom stereocenters. The van der Waals surface area contributed by atoms with Crippen LogP contribution in [-0.2, 0) is 0 Å². The van der Waals surface area contributed by atoms with Gasteiger partial charge in [-0.15, -0.1) is 0 Å². The van der Waals surface area contributed by atoms with E-state index in [1.807, 2.05) is 0 Å². The summed E-state index contributed by atoms with van der Waals surface area (Å²) in [5, 5.41) is 7.15. The molecule has 0 radical (unpaired) electrons. The van der Waals surface area contributed by atoms with Gasteiger partial charge in [0.05, 0.1) is 0 Å². The molecule has 0 aromatic heterocycles. The molecule has 1 aliphatic carbocycles. The highest BCUT2D eigenvalue weighted by Gasteiger charge is 2.23. The molecule has 1 heterocycles. The Bertz CT molecular complexity index is 143. The Hall–Kier alpha value is -0.0800. The molecule has 70 valence electrons. The molecule has 2 nitrogen and oxygen atoms in total. The Labute approximate surface area is 75.1 Å². The molecule has 2 N–H and O–H groups in total. The lowest BCUT2D eigenvalue weighted by Gasteiger charge is -2.28. The molecule has 0 aromatic carbocycles. The molecule has 2 fully saturated rings. The van der Waals surface area contributed by atoms with Crippen molar-refractivity contribution in [2.75, 3.05) is 13.1 Å². The minimum atomic E-state index is 0.745. The van der Waals surface area contributed by atoms with Crippen molar-refractivity contribution in [3.05, 3.63) is 0 Å². The van der Waals surface area contributed by atoms with Crippen LogP contribution in [0.1, 0.15) is 32.6 Å². The van der Waals surface area contributed by atoms with E-state index < -0.39 is 0 Å². The fraction of sp³-hybridized carbons (Fsp3) is 1.00. The fourth-order valence-corrected chi connectivity index (χ4v) is 1.97. The average Bonchev–Trinajstić information content (AvgIpc) is 2.84. The van der Waals surface area contributed by atoms with Crippen LogP contribution in [0.2, 0.25) is 0 Å². The van der Waals surface area contributed by atoms with E-state index in [1.54, 1.807) is 0 Å². The molecule has 1 saturated carbocycles. The van der Waals surface area contributed by atoms with Gasteiger partial charge in [0.15, 0.2) is 0 Å². The highest BCUT2D eigenvalue weighted by Crippen LogP contribution is 2.20. The molecule has 0 aromatic rings. The molecule has 2 rings (SSSR count). The van der Waals surface area contributed by atoms with Gasteiger partial charge >= 0.3 is 0 Å². The highest BCUT2D eigenvalue weighted by molar-refractivity contribution is 4.85. The zero-order valence-electron chi connectivity index (χ0n) is 7.97. The first-order valence-electron chi connectivity index (χ1n) is 5.31. The van der Waals surface area contributed by atoms with Crippen LogP contribution in [0.25, 0.3) is 0 Å². The van der Waals surface area contributed by atoms with Crippen LogP contribution in [0.3, 0.4) is 0 Å². The van der Waals surface area contributed by atoms with Crippen LogP contribution >= 0.6 is 0 Å². The summed E-state index contributed by atoms with van der Waals surface area (Å²) in [7, 11) is 0. The number of nitrogens with one attached hydrogen (secondary N) is 2. The summed E-state index contributed by atoms with van der Waals surface area (Å²) in [6.45, 7) is 4.78. The van der Waals surface area contributed by atoms with Gasteiger partial charge in [-0.25, -0.2) is 0 Å². The van der Waals surface area contributed by atoms with Gasteiger partial charge in [0.1, 0.15) is 0 Å². The topological polar surface area (TPSA) is 24.1 Å². The first-order chi connectivity index (χ1) is 5.84. The normalized spacial score (nSPS) is 36.8. The zero-order valence-corrected chi connectivity index (χ0v) is 7.97. The van der Waals surface area contributed by atoms with Gasteiger partial charge in [-0.2, -0.15) is 0 Å². The van der Waals surface area contributed by atoms with Crippen molar-refractivity contribution in [2.24, 2.45) is 5.92 Å². The molecule has 0 bridgehead atoms. The third kappa shape index (κ3) is 2.46. The predicted molar refractivity (Wildman–Crippen MR) is 51.2 cm³/mol. The van der Waals surface area contributed by atoms with E-state index >= 15 is 0 Å². The maximum atomic E-state index is 3.58. The molecule has 12 heavy (non-hydrogen) atoms. The molecule has 1 aliphatic heterocycles. The SMILES string of the molecule is CC1CCNC(CNC2CC2)C1. The van der Waals surface area contributed by atoms with Gasteiger partial charge in [-0.1, -0.05) is 6.92 Å². The van der Waals surface area contributed by atoms with Crippen molar-refractivity contribution in [3.63, 3.8) is 0 Å². The summed E-state index contributed by atoms with van der Waals surface area (Å²) >= 11 is 0. The van der Waals surface area contributed by atoms with Crippen molar-refractivity contribution in [3.8, 4) is 0 Å². The molecular weight excluding hydrogens is 148 g/mol. The van der Waals surface area contributed by atoms with E-state index in [2.05, 4.69) is 17.6 Å². The number of piperidine rings is 1. The predicted octanol–water partition coefficient (Wildman–Crippen LogP) is 1.13. The van der Waals surface area contributed by atoms with Crippen LogP contribution in [0.5, 0.6) is 0 Å². The Morgan fingerprint density at radius 2 is 2.17 bits per heavy atom. The summed E-state index contributed by atoms with van der Waals surface area (Å²) in [6, 6.07) is 1.61. The molecule has 0 amide bonds. The lowest BCUT2D eigenvalue weighted by Crippen LogP contribution is -2.44. The first-order valence-corrected chi connectivity index (χ1v) is 5.31. The third-order valence-electron chi connectivity index (χ3n) is 2.99. The summed E-state index contributed by atoms with van der Waals surface area (Å²) in [5.74, 6) is 0.928. The van der Waals surface area contributed by atoms with E-state index in [0.29, 0.717) is 0 Å². The molecule has 0 spiro atoms. The van der Waals surface area contributed by atoms with Crippen molar-refractivity contribution in [1.29, 1.82) is 0 Å². The quantitative estimate of drug-likeness (QED) is 0.660. The summed E-state index contributed by atoms with van der Waals surface area (Å²) in [4.78, 5) is 0. The van der Waals surface area contributed by atoms with Crippen molar-refractivity contribution >= 4 is 0 Å². The lowest BCUT2D eigenvalue weighted by atomic mass is 9.94. The molecule has 2 heteroatoms. The largest absolute Gasteiger partial charge is 0.313 e. The molecule has 2 aliphatic rings. The first kappa shape index (κ1) is 8.52. The summed E-state index contributed by atoms with van der Waals surface area (Å²) in [5.41, 5.74) is 0. The van der Waals surface area contributed by atoms with Crippen LogP contribution in [0.4, 0.5) is 0 Å². The van der Waals surface area contributed by atoms with Gasteiger partial charge in [0.2, 0.25) is 0 Å². The Morgan fingerprint density at radius 3 is 2.83 bits per heavy atom. The number of rotatable bonds is 3. The number of hydrogen-bond acceptors (Lipinski definition) is 2. The number of hydrogen-bond donors (Lipinski definition) is 2. The zero-order chi connectivity index (χ0) is 8.39. The van der Waals surface area contributed by atoms with Gasteiger partial charge in [-0.05, 0) is 38.1 Å². The van der Waals surface area contributed by atoms with Gasteiger partial charge in [-0.3, -0.25) is 0 Å². The van der Waals surface area contributed by atoms with E-state index in [1.165, 1.54) is 38.8 Å². The lowest BCUT2D eigenvalue weighted by molar-refractivity contribution is 0.310. The van der Waals surface area contributed by atoms with E-state index in [9.17, 15) is 0 Å². The molecule has 1 saturated heterocycles. The minimum absolute atomic E-state index is 0.745.